The van der Waals surface area contributed by atoms with Crippen molar-refractivity contribution in [2.45, 2.75) is 17.9 Å². The molecule has 0 spiro atoms. The number of para-hydroxylation sites is 1. The van der Waals surface area contributed by atoms with Crippen molar-refractivity contribution in [2.75, 3.05) is 36.8 Å². The van der Waals surface area contributed by atoms with E-state index in [4.69, 9.17) is 16.3 Å². The highest BCUT2D eigenvalue weighted by Crippen LogP contribution is 2.33. The van der Waals surface area contributed by atoms with Crippen LogP contribution in [0.2, 0.25) is 5.02 Å². The maximum Gasteiger partial charge on any atom is 0.321 e. The molecule has 31 heavy (non-hydrogen) atoms. The van der Waals surface area contributed by atoms with Gasteiger partial charge in [-0.2, -0.15) is 4.31 Å². The van der Waals surface area contributed by atoms with Crippen LogP contribution < -0.4 is 15.4 Å². The van der Waals surface area contributed by atoms with Crippen LogP contribution in [0.4, 0.5) is 16.2 Å². The van der Waals surface area contributed by atoms with Crippen molar-refractivity contribution >= 4 is 44.9 Å². The second-order valence-electron chi connectivity index (χ2n) is 7.21. The minimum absolute atomic E-state index is 0.0543. The topological polar surface area (TPSA) is 108 Å². The lowest BCUT2D eigenvalue weighted by molar-refractivity contribution is -0.122. The van der Waals surface area contributed by atoms with Gasteiger partial charge in [-0.05, 0) is 37.3 Å². The monoisotopic (exact) mass is 464 g/mol. The molecule has 0 unspecified atom stereocenters. The molecule has 1 fully saturated rings. The first-order valence-electron chi connectivity index (χ1n) is 9.68. The lowest BCUT2D eigenvalue weighted by Gasteiger charge is -2.34. The molecule has 164 valence electrons. The van der Waals surface area contributed by atoms with Crippen molar-refractivity contribution in [1.29, 1.82) is 0 Å². The fraction of sp³-hybridized carbons (Fsp3) is 0.300. The maximum atomic E-state index is 13.1. The number of nitrogens with zero attached hydrogens (tertiary/aromatic N) is 2. The predicted molar refractivity (Wildman–Crippen MR) is 116 cm³/mol. The molecular formula is C20H21ClN4O5S. The van der Waals surface area contributed by atoms with Gasteiger partial charge in [-0.15, -0.1) is 0 Å². The van der Waals surface area contributed by atoms with Crippen LogP contribution >= 0.6 is 11.6 Å². The van der Waals surface area contributed by atoms with E-state index < -0.39 is 16.1 Å². The first kappa shape index (κ1) is 21.4. The average Bonchev–Trinajstić information content (AvgIpc) is 2.76. The van der Waals surface area contributed by atoms with Crippen molar-refractivity contribution in [1.82, 2.24) is 9.21 Å². The number of rotatable bonds is 3. The number of urea groups is 1. The van der Waals surface area contributed by atoms with Crippen LogP contribution in [0.15, 0.2) is 47.4 Å². The van der Waals surface area contributed by atoms with E-state index >= 15 is 0 Å². The van der Waals surface area contributed by atoms with Gasteiger partial charge in [-0.25, -0.2) is 13.2 Å². The molecule has 11 heteroatoms. The fourth-order valence-corrected chi connectivity index (χ4v) is 5.02. The van der Waals surface area contributed by atoms with Gasteiger partial charge in [0.15, 0.2) is 6.10 Å². The zero-order valence-electron chi connectivity index (χ0n) is 16.7. The molecule has 0 bridgehead atoms. The molecule has 0 aromatic heterocycles. The Morgan fingerprint density at radius 1 is 1.16 bits per heavy atom. The summed E-state index contributed by atoms with van der Waals surface area (Å²) in [4.78, 5) is 25.9. The van der Waals surface area contributed by atoms with E-state index in [-0.39, 0.29) is 43.0 Å². The summed E-state index contributed by atoms with van der Waals surface area (Å²) >= 11 is 6.07. The third-order valence-corrected chi connectivity index (χ3v) is 7.39. The van der Waals surface area contributed by atoms with Crippen LogP contribution in [-0.2, 0) is 14.8 Å². The van der Waals surface area contributed by atoms with Crippen molar-refractivity contribution in [3.8, 4) is 5.75 Å². The van der Waals surface area contributed by atoms with Crippen molar-refractivity contribution in [3.05, 3.63) is 47.5 Å². The molecule has 2 aliphatic rings. The SMILES string of the molecule is C[C@H]1Oc2ccc(S(=O)(=O)N3CCN(C(=O)Nc4ccccc4Cl)CC3)cc2NC1=O. The van der Waals surface area contributed by atoms with Crippen LogP contribution in [0, 0.1) is 0 Å². The molecule has 9 nitrogen and oxygen atoms in total. The predicted octanol–water partition coefficient (Wildman–Crippen LogP) is 2.60. The number of hydrogen-bond donors (Lipinski definition) is 2. The van der Waals surface area contributed by atoms with Gasteiger partial charge >= 0.3 is 6.03 Å². The molecule has 0 saturated carbocycles. The van der Waals surface area contributed by atoms with E-state index in [2.05, 4.69) is 10.6 Å². The quantitative estimate of drug-likeness (QED) is 0.725. The molecule has 4 rings (SSSR count). The number of piperazine rings is 1. The standard InChI is InChI=1S/C20H21ClN4O5S/c1-13-19(26)22-17-12-14(6-7-18(17)30-13)31(28,29)25-10-8-24(9-11-25)20(27)23-16-5-3-2-4-15(16)21/h2-7,12-13H,8-11H2,1H3,(H,22,26)(H,23,27)/t13-/m1/s1. The minimum atomic E-state index is -3.79. The van der Waals surface area contributed by atoms with Crippen molar-refractivity contribution in [2.24, 2.45) is 0 Å². The van der Waals surface area contributed by atoms with Crippen LogP contribution in [0.5, 0.6) is 5.75 Å². The Morgan fingerprint density at radius 2 is 1.87 bits per heavy atom. The third kappa shape index (κ3) is 4.32. The van der Waals surface area contributed by atoms with E-state index in [1.54, 1.807) is 31.2 Å². The van der Waals surface area contributed by atoms with E-state index in [1.807, 2.05) is 0 Å². The van der Waals surface area contributed by atoms with Gasteiger partial charge in [0.05, 0.1) is 21.3 Å². The van der Waals surface area contributed by atoms with E-state index in [1.165, 1.54) is 27.4 Å². The zero-order valence-corrected chi connectivity index (χ0v) is 18.2. The number of carbonyl (C=O) groups excluding carboxylic acids is 2. The van der Waals surface area contributed by atoms with Gasteiger partial charge in [0.1, 0.15) is 5.75 Å². The summed E-state index contributed by atoms with van der Waals surface area (Å²) in [7, 11) is -3.79. The normalized spacial score (nSPS) is 19.2. The highest BCUT2D eigenvalue weighted by atomic mass is 35.5. The second kappa shape index (κ2) is 8.37. The van der Waals surface area contributed by atoms with Crippen molar-refractivity contribution < 1.29 is 22.7 Å². The first-order valence-corrected chi connectivity index (χ1v) is 11.5. The van der Waals surface area contributed by atoms with E-state index in [0.717, 1.165) is 0 Å². The first-order chi connectivity index (χ1) is 14.8. The second-order valence-corrected chi connectivity index (χ2v) is 9.55. The molecule has 3 amide bonds. The lowest BCUT2D eigenvalue weighted by atomic mass is 10.2. The molecule has 2 N–H and O–H groups in total. The largest absolute Gasteiger partial charge is 0.479 e. The smallest absolute Gasteiger partial charge is 0.321 e. The highest BCUT2D eigenvalue weighted by molar-refractivity contribution is 7.89. The Morgan fingerprint density at radius 3 is 2.58 bits per heavy atom. The molecule has 2 aromatic rings. The number of amides is 3. The van der Waals surface area contributed by atoms with Gasteiger partial charge in [0.25, 0.3) is 5.91 Å². The fourth-order valence-electron chi connectivity index (χ4n) is 3.39. The summed E-state index contributed by atoms with van der Waals surface area (Å²) in [6, 6.07) is 10.9. The summed E-state index contributed by atoms with van der Waals surface area (Å²) in [6.45, 7) is 2.38. The zero-order chi connectivity index (χ0) is 22.2. The van der Waals surface area contributed by atoms with E-state index in [9.17, 15) is 18.0 Å². The summed E-state index contributed by atoms with van der Waals surface area (Å²) in [5.74, 6) is 0.0901. The van der Waals surface area contributed by atoms with Gasteiger partial charge in [-0.1, -0.05) is 23.7 Å². The van der Waals surface area contributed by atoms with Crippen LogP contribution in [0.3, 0.4) is 0 Å². The molecule has 2 aromatic carbocycles. The van der Waals surface area contributed by atoms with Gasteiger partial charge in [0, 0.05) is 26.2 Å². The average molecular weight is 465 g/mol. The maximum absolute atomic E-state index is 13.1. The lowest BCUT2D eigenvalue weighted by Crippen LogP contribution is -2.51. The minimum Gasteiger partial charge on any atom is -0.479 e. The van der Waals surface area contributed by atoms with Gasteiger partial charge in [-0.3, -0.25) is 4.79 Å². The molecule has 1 saturated heterocycles. The summed E-state index contributed by atoms with van der Waals surface area (Å²) in [5, 5.41) is 5.82. The van der Waals surface area contributed by atoms with Crippen LogP contribution in [0.1, 0.15) is 6.92 Å². The molecule has 1 atom stereocenters. The number of ether oxygens (including phenoxy) is 1. The Balaban J connectivity index is 1.42. The number of benzene rings is 2. The number of fused-ring (bicyclic) bond motifs is 1. The number of sulfonamides is 1. The summed E-state index contributed by atoms with van der Waals surface area (Å²) in [5.41, 5.74) is 0.818. The molecular weight excluding hydrogens is 444 g/mol. The number of halogens is 1. The number of anilines is 2. The summed E-state index contributed by atoms with van der Waals surface area (Å²) in [6.07, 6.45) is -0.639. The van der Waals surface area contributed by atoms with E-state index in [0.29, 0.717) is 22.1 Å². The molecule has 0 aliphatic carbocycles. The number of carbonyl (C=O) groups is 2. The Labute approximate surface area is 185 Å². The highest BCUT2D eigenvalue weighted by Gasteiger charge is 2.32. The number of hydrogen-bond acceptors (Lipinski definition) is 5. The van der Waals surface area contributed by atoms with Gasteiger partial charge < -0.3 is 20.3 Å². The van der Waals surface area contributed by atoms with Crippen LogP contribution in [0.25, 0.3) is 0 Å². The molecule has 0 radical (unpaired) electrons. The van der Waals surface area contributed by atoms with Gasteiger partial charge in [0.2, 0.25) is 10.0 Å². The van der Waals surface area contributed by atoms with Crippen molar-refractivity contribution in [3.63, 3.8) is 0 Å². The Bertz CT molecular complexity index is 1130. The molecule has 2 aliphatic heterocycles. The number of nitrogens with one attached hydrogen (secondary N) is 2. The molecule has 2 heterocycles. The Hall–Kier alpha value is -2.82. The Kier molecular flexibility index (Phi) is 5.78. The summed E-state index contributed by atoms with van der Waals surface area (Å²) < 4.78 is 32.9. The third-order valence-electron chi connectivity index (χ3n) is 5.16. The van der Waals surface area contributed by atoms with Crippen LogP contribution in [-0.4, -0.2) is 61.8 Å².